The molecule has 0 saturated carbocycles. The predicted molar refractivity (Wildman–Crippen MR) is 91.5 cm³/mol. The average Bonchev–Trinajstić information content (AvgIpc) is 2.67. The van der Waals surface area contributed by atoms with Gasteiger partial charge in [0.15, 0.2) is 11.5 Å². The van der Waals surface area contributed by atoms with Crippen LogP contribution in [0.25, 0.3) is 0 Å². The number of carboxylic acid groups (broad SMARTS) is 2. The van der Waals surface area contributed by atoms with Crippen LogP contribution in [-0.4, -0.2) is 73.1 Å². The molecule has 0 bridgehead atoms. The standard InChI is InChI=1S/C15H22N2O3.C2H2O4/c16-13(3-4-17-5-7-18-8-6-17)12-1-2-14-15(11-12)20-10-9-19-14;3-1(4)2(5)6/h1-2,11,13H,3-10,16H2;(H,3,4)(H,5,6). The number of morpholine rings is 1. The van der Waals surface area contributed by atoms with Crippen LogP contribution in [0.4, 0.5) is 0 Å². The van der Waals surface area contributed by atoms with Crippen LogP contribution in [0.2, 0.25) is 0 Å². The number of fused-ring (bicyclic) bond motifs is 1. The molecule has 1 aromatic carbocycles. The van der Waals surface area contributed by atoms with Crippen LogP contribution in [0.15, 0.2) is 18.2 Å². The minimum Gasteiger partial charge on any atom is -0.486 e. The SMILES string of the molecule is NC(CCN1CCOCC1)c1ccc2c(c1)OCCO2.O=C(O)C(=O)O. The van der Waals surface area contributed by atoms with Crippen molar-refractivity contribution in [2.24, 2.45) is 5.73 Å². The lowest BCUT2D eigenvalue weighted by molar-refractivity contribution is -0.159. The molecule has 1 aromatic rings. The van der Waals surface area contributed by atoms with E-state index in [4.69, 9.17) is 39.7 Å². The van der Waals surface area contributed by atoms with Gasteiger partial charge < -0.3 is 30.2 Å². The molecule has 4 N–H and O–H groups in total. The quantitative estimate of drug-likeness (QED) is 0.643. The zero-order valence-corrected chi connectivity index (χ0v) is 14.4. The maximum Gasteiger partial charge on any atom is 0.414 e. The van der Waals surface area contributed by atoms with Crippen molar-refractivity contribution >= 4 is 11.9 Å². The third-order valence-electron chi connectivity index (χ3n) is 4.04. The normalized spacial score (nSPS) is 17.6. The van der Waals surface area contributed by atoms with Crippen molar-refractivity contribution in [1.82, 2.24) is 4.90 Å². The highest BCUT2D eigenvalue weighted by atomic mass is 16.6. The van der Waals surface area contributed by atoms with E-state index in [2.05, 4.69) is 4.90 Å². The first-order valence-corrected chi connectivity index (χ1v) is 8.39. The second-order valence-corrected chi connectivity index (χ2v) is 5.86. The number of aliphatic carboxylic acids is 2. The smallest absolute Gasteiger partial charge is 0.414 e. The zero-order chi connectivity index (χ0) is 18.9. The van der Waals surface area contributed by atoms with Crippen molar-refractivity contribution in [2.75, 3.05) is 46.1 Å². The summed E-state index contributed by atoms with van der Waals surface area (Å²) >= 11 is 0. The maximum absolute atomic E-state index is 9.10. The molecule has 0 aromatic heterocycles. The summed E-state index contributed by atoms with van der Waals surface area (Å²) in [6, 6.07) is 6.04. The third-order valence-corrected chi connectivity index (χ3v) is 4.04. The number of nitrogens with two attached hydrogens (primary N) is 1. The fourth-order valence-corrected chi connectivity index (χ4v) is 2.60. The van der Waals surface area contributed by atoms with Gasteiger partial charge in [-0.15, -0.1) is 0 Å². The fourth-order valence-electron chi connectivity index (χ4n) is 2.60. The van der Waals surface area contributed by atoms with Crippen LogP contribution in [0.1, 0.15) is 18.0 Å². The molecule has 26 heavy (non-hydrogen) atoms. The molecule has 1 atom stereocenters. The lowest BCUT2D eigenvalue weighted by Crippen LogP contribution is -2.37. The first-order chi connectivity index (χ1) is 12.5. The minimum atomic E-state index is -1.82. The summed E-state index contributed by atoms with van der Waals surface area (Å²) in [5.41, 5.74) is 7.40. The summed E-state index contributed by atoms with van der Waals surface area (Å²) in [5, 5.41) is 14.8. The predicted octanol–water partition coefficient (Wildman–Crippen LogP) is 0.336. The van der Waals surface area contributed by atoms with Crippen molar-refractivity contribution in [2.45, 2.75) is 12.5 Å². The minimum absolute atomic E-state index is 0.0358. The summed E-state index contributed by atoms with van der Waals surface area (Å²) in [6.07, 6.45) is 0.944. The molecule has 0 radical (unpaired) electrons. The van der Waals surface area contributed by atoms with Gasteiger partial charge in [0.1, 0.15) is 13.2 Å². The van der Waals surface area contributed by atoms with Gasteiger partial charge in [-0.25, -0.2) is 9.59 Å². The second-order valence-electron chi connectivity index (χ2n) is 5.86. The number of carboxylic acids is 2. The molecule has 1 saturated heterocycles. The Morgan fingerprint density at radius 1 is 1.04 bits per heavy atom. The molecule has 2 aliphatic rings. The number of hydrogen-bond donors (Lipinski definition) is 3. The fraction of sp³-hybridized carbons (Fsp3) is 0.529. The lowest BCUT2D eigenvalue weighted by atomic mass is 10.0. The Kier molecular flexibility index (Phi) is 7.64. The van der Waals surface area contributed by atoms with Gasteiger partial charge in [-0.2, -0.15) is 0 Å². The molecular weight excluding hydrogens is 344 g/mol. The van der Waals surface area contributed by atoms with E-state index in [9.17, 15) is 0 Å². The highest BCUT2D eigenvalue weighted by Gasteiger charge is 2.16. The molecule has 0 amide bonds. The number of rotatable bonds is 4. The second kappa shape index (κ2) is 9.95. The van der Waals surface area contributed by atoms with Crippen LogP contribution >= 0.6 is 0 Å². The van der Waals surface area contributed by atoms with Gasteiger partial charge >= 0.3 is 11.9 Å². The van der Waals surface area contributed by atoms with Gasteiger partial charge in [0.2, 0.25) is 0 Å². The Hall–Kier alpha value is -2.36. The van der Waals surface area contributed by atoms with E-state index in [1.54, 1.807) is 0 Å². The van der Waals surface area contributed by atoms with Gasteiger partial charge in [0.25, 0.3) is 0 Å². The Morgan fingerprint density at radius 3 is 2.27 bits per heavy atom. The Bertz CT molecular complexity index is 605. The highest BCUT2D eigenvalue weighted by molar-refractivity contribution is 6.27. The van der Waals surface area contributed by atoms with Crippen molar-refractivity contribution in [3.8, 4) is 11.5 Å². The molecule has 1 fully saturated rings. The van der Waals surface area contributed by atoms with Crippen LogP contribution in [0.3, 0.4) is 0 Å². The largest absolute Gasteiger partial charge is 0.486 e. The van der Waals surface area contributed by atoms with Crippen molar-refractivity contribution in [3.63, 3.8) is 0 Å². The van der Waals surface area contributed by atoms with Gasteiger partial charge in [0.05, 0.1) is 13.2 Å². The zero-order valence-electron chi connectivity index (χ0n) is 14.4. The van der Waals surface area contributed by atoms with E-state index in [-0.39, 0.29) is 6.04 Å². The maximum atomic E-state index is 9.10. The summed E-state index contributed by atoms with van der Waals surface area (Å²) in [7, 11) is 0. The Labute approximate surface area is 151 Å². The molecule has 9 nitrogen and oxygen atoms in total. The van der Waals surface area contributed by atoms with E-state index in [1.165, 1.54) is 0 Å². The van der Waals surface area contributed by atoms with Crippen LogP contribution < -0.4 is 15.2 Å². The number of benzene rings is 1. The van der Waals surface area contributed by atoms with E-state index >= 15 is 0 Å². The molecule has 2 aliphatic heterocycles. The molecule has 1 unspecified atom stereocenters. The summed E-state index contributed by atoms with van der Waals surface area (Å²) in [4.78, 5) is 20.6. The number of hydrogen-bond acceptors (Lipinski definition) is 7. The summed E-state index contributed by atoms with van der Waals surface area (Å²) < 4.78 is 16.5. The van der Waals surface area contributed by atoms with Crippen LogP contribution in [-0.2, 0) is 14.3 Å². The number of ether oxygens (including phenoxy) is 3. The Balaban J connectivity index is 0.000000352. The monoisotopic (exact) mass is 368 g/mol. The van der Waals surface area contributed by atoms with Gasteiger partial charge in [0, 0.05) is 25.7 Å². The van der Waals surface area contributed by atoms with Gasteiger partial charge in [-0.05, 0) is 24.1 Å². The summed E-state index contributed by atoms with van der Waals surface area (Å²) in [6.45, 7) is 5.92. The molecular formula is C17H24N2O7. The molecule has 144 valence electrons. The van der Waals surface area contributed by atoms with Gasteiger partial charge in [-0.1, -0.05) is 6.07 Å². The van der Waals surface area contributed by atoms with Crippen LogP contribution in [0, 0.1) is 0 Å². The van der Waals surface area contributed by atoms with E-state index in [0.717, 1.165) is 56.3 Å². The van der Waals surface area contributed by atoms with E-state index in [1.807, 2.05) is 18.2 Å². The topological polar surface area (TPSA) is 132 Å². The molecule has 9 heteroatoms. The average molecular weight is 368 g/mol. The van der Waals surface area contributed by atoms with Gasteiger partial charge in [-0.3, -0.25) is 4.90 Å². The molecule has 3 rings (SSSR count). The lowest BCUT2D eigenvalue weighted by Gasteiger charge is -2.27. The van der Waals surface area contributed by atoms with E-state index in [0.29, 0.717) is 13.2 Å². The number of nitrogens with zero attached hydrogens (tertiary/aromatic N) is 1. The van der Waals surface area contributed by atoms with E-state index < -0.39 is 11.9 Å². The first kappa shape index (κ1) is 20.0. The van der Waals surface area contributed by atoms with Crippen molar-refractivity contribution in [3.05, 3.63) is 23.8 Å². The van der Waals surface area contributed by atoms with Crippen molar-refractivity contribution in [1.29, 1.82) is 0 Å². The Morgan fingerprint density at radius 2 is 1.65 bits per heavy atom. The van der Waals surface area contributed by atoms with Crippen molar-refractivity contribution < 1.29 is 34.0 Å². The number of carbonyl (C=O) groups is 2. The summed E-state index contributed by atoms with van der Waals surface area (Å²) in [5.74, 6) is -2.01. The first-order valence-electron chi connectivity index (χ1n) is 8.39. The molecule has 2 heterocycles. The molecule has 0 spiro atoms. The highest BCUT2D eigenvalue weighted by Crippen LogP contribution is 2.32. The molecule has 0 aliphatic carbocycles. The van der Waals surface area contributed by atoms with Crippen LogP contribution in [0.5, 0.6) is 11.5 Å². The third kappa shape index (κ3) is 6.17.